The van der Waals surface area contributed by atoms with Crippen molar-refractivity contribution in [2.45, 2.75) is 19.4 Å². The van der Waals surface area contributed by atoms with E-state index in [0.717, 1.165) is 11.3 Å². The van der Waals surface area contributed by atoms with Gasteiger partial charge in [0.25, 0.3) is 5.91 Å². The van der Waals surface area contributed by atoms with Crippen LogP contribution in [0.1, 0.15) is 28.7 Å². The molecule has 5 heteroatoms. The summed E-state index contributed by atoms with van der Waals surface area (Å²) >= 11 is 0. The van der Waals surface area contributed by atoms with E-state index >= 15 is 0 Å². The maximum absolute atomic E-state index is 11.9. The van der Waals surface area contributed by atoms with Crippen molar-refractivity contribution in [3.05, 3.63) is 59.7 Å². The van der Waals surface area contributed by atoms with E-state index in [9.17, 15) is 9.90 Å². The third-order valence-electron chi connectivity index (χ3n) is 3.00. The zero-order valence-electron chi connectivity index (χ0n) is 11.5. The Morgan fingerprint density at radius 3 is 2.55 bits per heavy atom. The van der Waals surface area contributed by atoms with E-state index in [-0.39, 0.29) is 18.1 Å². The third-order valence-corrected chi connectivity index (χ3v) is 3.00. The van der Waals surface area contributed by atoms with Crippen LogP contribution in [0.2, 0.25) is 0 Å². The normalized spacial score (nSPS) is 13.6. The molecule has 2 N–H and O–H groups in total. The van der Waals surface area contributed by atoms with Crippen LogP contribution in [-0.2, 0) is 5.60 Å². The number of hydrogen-bond donors (Lipinski definition) is 2. The molecule has 0 fully saturated rings. The first-order chi connectivity index (χ1) is 9.49. The van der Waals surface area contributed by atoms with Crippen molar-refractivity contribution in [2.75, 3.05) is 6.54 Å². The number of nitrogens with one attached hydrogen (secondary N) is 1. The number of hydrogen-bond acceptors (Lipinski definition) is 4. The van der Waals surface area contributed by atoms with Gasteiger partial charge < -0.3 is 10.4 Å². The monoisotopic (exact) mass is 271 g/mol. The standard InChI is InChI=1S/C15H17N3O2/c1-11-8-17-13(9-16-11)14(19)18-10-15(2,20)12-6-4-3-5-7-12/h3-9,20H,10H2,1-2H3,(H,18,19). The molecule has 5 nitrogen and oxygen atoms in total. The summed E-state index contributed by atoms with van der Waals surface area (Å²) in [6.07, 6.45) is 2.95. The number of amides is 1. The van der Waals surface area contributed by atoms with Crippen molar-refractivity contribution in [3.63, 3.8) is 0 Å². The minimum Gasteiger partial charge on any atom is -0.384 e. The Bertz CT molecular complexity index is 580. The highest BCUT2D eigenvalue weighted by atomic mass is 16.3. The van der Waals surface area contributed by atoms with Crippen LogP contribution in [0.15, 0.2) is 42.7 Å². The van der Waals surface area contributed by atoms with Crippen LogP contribution in [0.5, 0.6) is 0 Å². The molecule has 104 valence electrons. The lowest BCUT2D eigenvalue weighted by molar-refractivity contribution is 0.0525. The van der Waals surface area contributed by atoms with Crippen molar-refractivity contribution >= 4 is 5.91 Å². The lowest BCUT2D eigenvalue weighted by Gasteiger charge is -2.24. The predicted octanol–water partition coefficient (Wildman–Crippen LogP) is 1.42. The van der Waals surface area contributed by atoms with E-state index in [2.05, 4.69) is 15.3 Å². The van der Waals surface area contributed by atoms with Crippen molar-refractivity contribution in [3.8, 4) is 0 Å². The van der Waals surface area contributed by atoms with Crippen molar-refractivity contribution in [2.24, 2.45) is 0 Å². The molecule has 1 atom stereocenters. The Labute approximate surface area is 117 Å². The third kappa shape index (κ3) is 3.39. The zero-order valence-corrected chi connectivity index (χ0v) is 11.5. The molecular formula is C15H17N3O2. The zero-order chi connectivity index (χ0) is 14.6. The number of rotatable bonds is 4. The van der Waals surface area contributed by atoms with Crippen molar-refractivity contribution in [1.29, 1.82) is 0 Å². The SMILES string of the molecule is Cc1cnc(C(=O)NCC(C)(O)c2ccccc2)cn1. The number of benzene rings is 1. The van der Waals surface area contributed by atoms with Gasteiger partial charge in [-0.3, -0.25) is 9.78 Å². The molecule has 2 rings (SSSR count). The minimum absolute atomic E-state index is 0.103. The van der Waals surface area contributed by atoms with Crippen LogP contribution >= 0.6 is 0 Å². The van der Waals surface area contributed by atoms with Crippen molar-refractivity contribution < 1.29 is 9.90 Å². The molecular weight excluding hydrogens is 254 g/mol. The molecule has 0 saturated heterocycles. The molecule has 0 aliphatic carbocycles. The molecule has 1 unspecified atom stereocenters. The fourth-order valence-electron chi connectivity index (χ4n) is 1.75. The van der Waals surface area contributed by atoms with Gasteiger partial charge in [0.2, 0.25) is 0 Å². The van der Waals surface area contributed by atoms with Crippen LogP contribution < -0.4 is 5.32 Å². The maximum Gasteiger partial charge on any atom is 0.271 e. The Morgan fingerprint density at radius 2 is 1.95 bits per heavy atom. The molecule has 2 aromatic rings. The second-order valence-electron chi connectivity index (χ2n) is 4.87. The van der Waals surface area contributed by atoms with Gasteiger partial charge in [0.05, 0.1) is 18.4 Å². The molecule has 0 saturated carbocycles. The Morgan fingerprint density at radius 1 is 1.25 bits per heavy atom. The minimum atomic E-state index is -1.13. The summed E-state index contributed by atoms with van der Waals surface area (Å²) in [5.41, 5.74) is 0.599. The Hall–Kier alpha value is -2.27. The summed E-state index contributed by atoms with van der Waals surface area (Å²) in [5, 5.41) is 13.0. The average Bonchev–Trinajstić information content (AvgIpc) is 2.46. The van der Waals surface area contributed by atoms with E-state index in [0.29, 0.717) is 0 Å². The summed E-state index contributed by atoms with van der Waals surface area (Å²) in [6, 6.07) is 9.20. The Balaban J connectivity index is 2.01. The van der Waals surface area contributed by atoms with Gasteiger partial charge in [0.1, 0.15) is 11.3 Å². The van der Waals surface area contributed by atoms with Gasteiger partial charge in [-0.25, -0.2) is 4.98 Å². The largest absolute Gasteiger partial charge is 0.384 e. The fourth-order valence-corrected chi connectivity index (χ4v) is 1.75. The van der Waals surface area contributed by atoms with Gasteiger partial charge in [-0.1, -0.05) is 30.3 Å². The quantitative estimate of drug-likeness (QED) is 0.882. The average molecular weight is 271 g/mol. The van der Waals surface area contributed by atoms with E-state index in [4.69, 9.17) is 0 Å². The fraction of sp³-hybridized carbons (Fsp3) is 0.267. The van der Waals surface area contributed by atoms with Gasteiger partial charge in [0, 0.05) is 6.20 Å². The highest BCUT2D eigenvalue weighted by molar-refractivity contribution is 5.91. The number of carbonyl (C=O) groups is 1. The second-order valence-corrected chi connectivity index (χ2v) is 4.87. The smallest absolute Gasteiger partial charge is 0.271 e. The first-order valence-electron chi connectivity index (χ1n) is 6.34. The van der Waals surface area contributed by atoms with Crippen LogP contribution in [0, 0.1) is 6.92 Å². The topological polar surface area (TPSA) is 75.1 Å². The number of aromatic nitrogens is 2. The molecule has 1 aromatic carbocycles. The Kier molecular flexibility index (Phi) is 4.10. The lowest BCUT2D eigenvalue weighted by Crippen LogP contribution is -2.38. The highest BCUT2D eigenvalue weighted by Gasteiger charge is 2.23. The predicted molar refractivity (Wildman–Crippen MR) is 75.1 cm³/mol. The number of nitrogens with zero attached hydrogens (tertiary/aromatic N) is 2. The summed E-state index contributed by atoms with van der Waals surface area (Å²) in [7, 11) is 0. The molecule has 20 heavy (non-hydrogen) atoms. The van der Waals surface area contributed by atoms with Gasteiger partial charge in [0.15, 0.2) is 0 Å². The first-order valence-corrected chi connectivity index (χ1v) is 6.34. The number of aryl methyl sites for hydroxylation is 1. The maximum atomic E-state index is 11.9. The molecule has 1 aromatic heterocycles. The van der Waals surface area contributed by atoms with E-state index in [1.165, 1.54) is 12.4 Å². The van der Waals surface area contributed by atoms with Crippen molar-refractivity contribution in [1.82, 2.24) is 15.3 Å². The lowest BCUT2D eigenvalue weighted by atomic mass is 9.96. The molecule has 0 bridgehead atoms. The second kappa shape index (κ2) is 5.79. The number of aliphatic hydroxyl groups is 1. The first kappa shape index (κ1) is 14.1. The molecule has 1 heterocycles. The van der Waals surface area contributed by atoms with Crippen LogP contribution in [0.3, 0.4) is 0 Å². The summed E-state index contributed by atoms with van der Waals surface area (Å²) in [5.74, 6) is -0.353. The van der Waals surface area contributed by atoms with E-state index in [1.807, 2.05) is 30.3 Å². The molecule has 0 aliphatic heterocycles. The molecule has 0 spiro atoms. The van der Waals surface area contributed by atoms with Crippen LogP contribution in [-0.4, -0.2) is 27.5 Å². The highest BCUT2D eigenvalue weighted by Crippen LogP contribution is 2.18. The van der Waals surface area contributed by atoms with Gasteiger partial charge in [-0.2, -0.15) is 0 Å². The van der Waals surface area contributed by atoms with Crippen LogP contribution in [0.4, 0.5) is 0 Å². The molecule has 0 radical (unpaired) electrons. The van der Waals surface area contributed by atoms with Gasteiger partial charge >= 0.3 is 0 Å². The van der Waals surface area contributed by atoms with E-state index in [1.54, 1.807) is 13.8 Å². The van der Waals surface area contributed by atoms with Gasteiger partial charge in [-0.15, -0.1) is 0 Å². The summed E-state index contributed by atoms with van der Waals surface area (Å²) < 4.78 is 0. The number of carbonyl (C=O) groups excluding carboxylic acids is 1. The molecule has 0 aliphatic rings. The van der Waals surface area contributed by atoms with Gasteiger partial charge in [-0.05, 0) is 19.4 Å². The summed E-state index contributed by atoms with van der Waals surface area (Å²) in [4.78, 5) is 19.9. The summed E-state index contributed by atoms with van der Waals surface area (Å²) in [6.45, 7) is 3.56. The van der Waals surface area contributed by atoms with E-state index < -0.39 is 5.60 Å². The molecule has 1 amide bonds. The van der Waals surface area contributed by atoms with Crippen LogP contribution in [0.25, 0.3) is 0 Å².